The normalized spacial score (nSPS) is 15.7. The summed E-state index contributed by atoms with van der Waals surface area (Å²) in [7, 11) is 6.43. The van der Waals surface area contributed by atoms with Crippen molar-refractivity contribution in [3.63, 3.8) is 0 Å². The second-order valence-electron chi connectivity index (χ2n) is 5.71. The molecular formula is C12H23N4O+. The van der Waals surface area contributed by atoms with Crippen LogP contribution in [0, 0.1) is 0 Å². The second kappa shape index (κ2) is 4.56. The van der Waals surface area contributed by atoms with Gasteiger partial charge in [-0.2, -0.15) is 0 Å². The minimum atomic E-state index is 0.621. The molecule has 2 heterocycles. The molecule has 0 bridgehead atoms. The third-order valence-electron chi connectivity index (χ3n) is 3.10. The molecule has 5 heteroatoms. The lowest BCUT2D eigenvalue weighted by Gasteiger charge is -2.23. The van der Waals surface area contributed by atoms with E-state index in [4.69, 9.17) is 10.5 Å². The van der Waals surface area contributed by atoms with Crippen LogP contribution in [-0.4, -0.2) is 48.6 Å². The Bertz CT molecular complexity index is 392. The Balaban J connectivity index is 1.99. The summed E-state index contributed by atoms with van der Waals surface area (Å²) < 4.78 is 8.58. The van der Waals surface area contributed by atoms with Gasteiger partial charge < -0.3 is 15.0 Å². The van der Waals surface area contributed by atoms with Crippen molar-refractivity contribution in [2.75, 3.05) is 40.0 Å². The Labute approximate surface area is 103 Å². The fourth-order valence-corrected chi connectivity index (χ4v) is 2.01. The van der Waals surface area contributed by atoms with Gasteiger partial charge >= 0.3 is 0 Å². The number of fused-ring (bicyclic) bond motifs is 1. The van der Waals surface area contributed by atoms with E-state index in [0.29, 0.717) is 12.5 Å². The third kappa shape index (κ3) is 2.91. The average molecular weight is 239 g/mol. The number of anilines is 1. The first-order valence-corrected chi connectivity index (χ1v) is 6.26. The quantitative estimate of drug-likeness (QED) is 0.794. The first kappa shape index (κ1) is 12.2. The van der Waals surface area contributed by atoms with Crippen LogP contribution in [-0.2, 0) is 13.0 Å². The number of nitrogen functional groups attached to an aromatic ring is 1. The number of ether oxygens (including phenoxy) is 1. The Morgan fingerprint density at radius 1 is 1.35 bits per heavy atom. The van der Waals surface area contributed by atoms with E-state index in [-0.39, 0.29) is 0 Å². The highest BCUT2D eigenvalue weighted by atomic mass is 16.5. The van der Waals surface area contributed by atoms with Gasteiger partial charge in [0.2, 0.25) is 0 Å². The minimum absolute atomic E-state index is 0.621. The molecule has 0 atom stereocenters. The molecule has 1 aliphatic heterocycles. The van der Waals surface area contributed by atoms with E-state index in [0.717, 1.165) is 35.4 Å². The smallest absolute Gasteiger partial charge is 0.256 e. The summed E-state index contributed by atoms with van der Waals surface area (Å²) in [6.45, 7) is 2.57. The Kier molecular flexibility index (Phi) is 3.28. The van der Waals surface area contributed by atoms with Crippen molar-refractivity contribution in [2.24, 2.45) is 0 Å². The monoisotopic (exact) mass is 239 g/mol. The molecule has 0 amide bonds. The number of hydrogen-bond donors (Lipinski definition) is 1. The molecule has 2 N–H and O–H groups in total. The molecule has 17 heavy (non-hydrogen) atoms. The highest BCUT2D eigenvalue weighted by Gasteiger charge is 2.19. The predicted octanol–water partition coefficient (Wildman–Crippen LogP) is 0.887. The van der Waals surface area contributed by atoms with Gasteiger partial charge in [-0.15, -0.1) is 5.10 Å². The molecule has 5 nitrogen and oxygen atoms in total. The van der Waals surface area contributed by atoms with Crippen LogP contribution in [0.1, 0.15) is 18.5 Å². The molecule has 0 aromatic carbocycles. The zero-order valence-electron chi connectivity index (χ0n) is 11.1. The van der Waals surface area contributed by atoms with Crippen molar-refractivity contribution >= 4 is 5.69 Å². The lowest BCUT2D eigenvalue weighted by atomic mass is 10.1. The van der Waals surface area contributed by atoms with E-state index in [1.165, 1.54) is 12.8 Å². The van der Waals surface area contributed by atoms with Crippen LogP contribution in [0.3, 0.4) is 0 Å². The number of rotatable bonds is 4. The summed E-state index contributed by atoms with van der Waals surface area (Å²) in [6, 6.07) is 0. The van der Waals surface area contributed by atoms with Crippen LogP contribution < -0.4 is 10.5 Å². The molecule has 0 unspecified atom stereocenters. The fraction of sp³-hybridized carbons (Fsp3) is 0.750. The lowest BCUT2D eigenvalue weighted by molar-refractivity contribution is -0.870. The van der Waals surface area contributed by atoms with Crippen molar-refractivity contribution in [1.82, 2.24) is 9.78 Å². The molecule has 0 radical (unpaired) electrons. The van der Waals surface area contributed by atoms with Crippen LogP contribution in [0.5, 0.6) is 5.88 Å². The van der Waals surface area contributed by atoms with Gasteiger partial charge in [0, 0.05) is 6.54 Å². The van der Waals surface area contributed by atoms with Gasteiger partial charge in [0.05, 0.1) is 26.8 Å². The molecule has 1 aromatic rings. The molecule has 2 rings (SSSR count). The summed E-state index contributed by atoms with van der Waals surface area (Å²) >= 11 is 0. The van der Waals surface area contributed by atoms with Crippen LogP contribution >= 0.6 is 0 Å². The van der Waals surface area contributed by atoms with E-state index in [1.807, 2.05) is 4.68 Å². The Morgan fingerprint density at radius 2 is 2.12 bits per heavy atom. The van der Waals surface area contributed by atoms with Crippen molar-refractivity contribution in [2.45, 2.75) is 25.8 Å². The third-order valence-corrected chi connectivity index (χ3v) is 3.10. The fourth-order valence-electron chi connectivity index (χ4n) is 2.01. The maximum atomic E-state index is 6.06. The van der Waals surface area contributed by atoms with Crippen LogP contribution in [0.25, 0.3) is 0 Å². The summed E-state index contributed by atoms with van der Waals surface area (Å²) in [6.07, 6.45) is 3.41. The Hall–Kier alpha value is -1.23. The standard InChI is InChI=1S/C12H23N4O/c1-16(2,3)8-9-17-12-11(13)10-6-4-5-7-15(10)14-12/h4-9,13H2,1-3H3/q+1. The highest BCUT2D eigenvalue weighted by molar-refractivity contribution is 5.53. The van der Waals surface area contributed by atoms with E-state index in [1.54, 1.807) is 0 Å². The van der Waals surface area contributed by atoms with Gasteiger partial charge in [-0.3, -0.25) is 4.68 Å². The van der Waals surface area contributed by atoms with Crippen molar-refractivity contribution in [1.29, 1.82) is 0 Å². The van der Waals surface area contributed by atoms with Gasteiger partial charge in [-0.05, 0) is 19.3 Å². The zero-order chi connectivity index (χ0) is 12.5. The molecule has 1 aliphatic rings. The SMILES string of the molecule is C[N+](C)(C)CCOc1nn2c(c1N)CCCC2. The second-order valence-corrected chi connectivity index (χ2v) is 5.71. The lowest BCUT2D eigenvalue weighted by Crippen LogP contribution is -2.38. The summed E-state index contributed by atoms with van der Waals surface area (Å²) in [5.41, 5.74) is 7.95. The topological polar surface area (TPSA) is 53.1 Å². The molecule has 0 aliphatic carbocycles. The number of nitrogens with two attached hydrogens (primary N) is 1. The number of nitrogens with zero attached hydrogens (tertiary/aromatic N) is 3. The number of quaternary nitrogens is 1. The van der Waals surface area contributed by atoms with Gasteiger partial charge in [-0.1, -0.05) is 0 Å². The van der Waals surface area contributed by atoms with Crippen LogP contribution in [0.4, 0.5) is 5.69 Å². The van der Waals surface area contributed by atoms with Gasteiger partial charge in [0.15, 0.2) is 0 Å². The number of aryl methyl sites for hydroxylation is 1. The van der Waals surface area contributed by atoms with Gasteiger partial charge in [0.25, 0.3) is 5.88 Å². The van der Waals surface area contributed by atoms with Crippen molar-refractivity contribution in [3.05, 3.63) is 5.69 Å². The Morgan fingerprint density at radius 3 is 2.76 bits per heavy atom. The molecule has 0 saturated carbocycles. The van der Waals surface area contributed by atoms with E-state index >= 15 is 0 Å². The first-order chi connectivity index (χ1) is 7.97. The van der Waals surface area contributed by atoms with Crippen LogP contribution in [0.15, 0.2) is 0 Å². The molecule has 0 spiro atoms. The summed E-state index contributed by atoms with van der Waals surface area (Å²) in [4.78, 5) is 0. The maximum Gasteiger partial charge on any atom is 0.256 e. The first-order valence-electron chi connectivity index (χ1n) is 6.26. The van der Waals surface area contributed by atoms with Crippen LogP contribution in [0.2, 0.25) is 0 Å². The predicted molar refractivity (Wildman–Crippen MR) is 68.0 cm³/mol. The van der Waals surface area contributed by atoms with E-state index in [2.05, 4.69) is 26.2 Å². The largest absolute Gasteiger partial charge is 0.469 e. The maximum absolute atomic E-state index is 6.06. The molecule has 1 aromatic heterocycles. The van der Waals surface area contributed by atoms with E-state index in [9.17, 15) is 0 Å². The molecular weight excluding hydrogens is 216 g/mol. The molecule has 0 fully saturated rings. The van der Waals surface area contributed by atoms with E-state index < -0.39 is 0 Å². The summed E-state index contributed by atoms with van der Waals surface area (Å²) in [5, 5.41) is 4.43. The van der Waals surface area contributed by atoms with Gasteiger partial charge in [-0.25, -0.2) is 0 Å². The average Bonchev–Trinajstić information content (AvgIpc) is 2.55. The highest BCUT2D eigenvalue weighted by Crippen LogP contribution is 2.28. The minimum Gasteiger partial charge on any atom is -0.469 e. The number of aromatic nitrogens is 2. The number of likely N-dealkylation sites (N-methyl/N-ethyl adjacent to an activating group) is 1. The molecule has 96 valence electrons. The zero-order valence-corrected chi connectivity index (χ0v) is 11.1. The van der Waals surface area contributed by atoms with Gasteiger partial charge in [0.1, 0.15) is 18.8 Å². The molecule has 0 saturated heterocycles. The van der Waals surface area contributed by atoms with Crippen molar-refractivity contribution < 1.29 is 9.22 Å². The number of hydrogen-bond acceptors (Lipinski definition) is 3. The van der Waals surface area contributed by atoms with Crippen molar-refractivity contribution in [3.8, 4) is 5.88 Å². The summed E-state index contributed by atoms with van der Waals surface area (Å²) in [5.74, 6) is 0.621.